The number of halogens is 2. The van der Waals surface area contributed by atoms with Gasteiger partial charge < -0.3 is 0 Å². The predicted molar refractivity (Wildman–Crippen MR) is 55.9 cm³/mol. The minimum Gasteiger partial charge on any atom is -0.0826 e. The van der Waals surface area contributed by atoms with Crippen molar-refractivity contribution in [2.75, 3.05) is 0 Å². The van der Waals surface area contributed by atoms with Crippen molar-refractivity contribution in [3.8, 4) is 0 Å². The summed E-state index contributed by atoms with van der Waals surface area (Å²) in [6, 6.07) is 0. The summed E-state index contributed by atoms with van der Waals surface area (Å²) in [4.78, 5) is 0. The molecule has 48 valence electrons. The Morgan fingerprint density at radius 1 is 1.75 bits per heavy atom. The van der Waals surface area contributed by atoms with Crippen LogP contribution < -0.4 is 0 Å². The molecule has 0 aliphatic rings. The Labute approximate surface area is 78.4 Å². The molecule has 1 unspecified atom stereocenters. The van der Waals surface area contributed by atoms with E-state index in [4.69, 9.17) is 0 Å². The lowest BCUT2D eigenvalue weighted by Gasteiger charge is -1.99. The standard InChI is InChI=1S/C6H10I2/c1-5(4-7)3-6(2)8/h4,6H,3H2,1-2H3/b5-4-. The molecule has 0 aromatic carbocycles. The predicted octanol–water partition coefficient (Wildman–Crippen LogP) is 3.54. The third-order valence-corrected chi connectivity index (χ3v) is 2.29. The first kappa shape index (κ1) is 9.20. The van der Waals surface area contributed by atoms with Crippen molar-refractivity contribution in [3.63, 3.8) is 0 Å². The van der Waals surface area contributed by atoms with Gasteiger partial charge in [0.25, 0.3) is 0 Å². The highest BCUT2D eigenvalue weighted by atomic mass is 127. The van der Waals surface area contributed by atoms with E-state index < -0.39 is 0 Å². The Morgan fingerprint density at radius 3 is 2.38 bits per heavy atom. The second-order valence-corrected chi connectivity index (χ2v) is 4.69. The Kier molecular flexibility index (Phi) is 5.78. The minimum absolute atomic E-state index is 0.776. The van der Waals surface area contributed by atoms with Crippen molar-refractivity contribution in [2.45, 2.75) is 24.2 Å². The second kappa shape index (κ2) is 5.02. The van der Waals surface area contributed by atoms with Gasteiger partial charge in [0.05, 0.1) is 0 Å². The van der Waals surface area contributed by atoms with E-state index in [-0.39, 0.29) is 0 Å². The van der Waals surface area contributed by atoms with Gasteiger partial charge in [-0.25, -0.2) is 0 Å². The van der Waals surface area contributed by atoms with Crippen molar-refractivity contribution < 1.29 is 0 Å². The van der Waals surface area contributed by atoms with E-state index in [1.807, 2.05) is 0 Å². The monoisotopic (exact) mass is 336 g/mol. The average molecular weight is 336 g/mol. The van der Waals surface area contributed by atoms with Gasteiger partial charge in [0, 0.05) is 3.92 Å². The van der Waals surface area contributed by atoms with Crippen LogP contribution in [0.4, 0.5) is 0 Å². The first-order valence-corrected chi connectivity index (χ1v) is 5.06. The van der Waals surface area contributed by atoms with E-state index in [1.165, 1.54) is 12.0 Å². The van der Waals surface area contributed by atoms with Crippen LogP contribution in [0.15, 0.2) is 9.66 Å². The zero-order chi connectivity index (χ0) is 6.57. The molecule has 0 nitrogen and oxygen atoms in total. The summed E-state index contributed by atoms with van der Waals surface area (Å²) in [5.74, 6) is 0. The first-order valence-electron chi connectivity index (χ1n) is 2.56. The van der Waals surface area contributed by atoms with Crippen LogP contribution in [0.1, 0.15) is 20.3 Å². The third-order valence-electron chi connectivity index (χ3n) is 0.790. The van der Waals surface area contributed by atoms with Crippen molar-refractivity contribution in [1.82, 2.24) is 0 Å². The van der Waals surface area contributed by atoms with Crippen molar-refractivity contribution >= 4 is 45.2 Å². The van der Waals surface area contributed by atoms with E-state index in [0.717, 1.165) is 3.92 Å². The Balaban J connectivity index is 3.39. The van der Waals surface area contributed by atoms with Crippen molar-refractivity contribution in [1.29, 1.82) is 0 Å². The fourth-order valence-electron chi connectivity index (χ4n) is 0.488. The quantitative estimate of drug-likeness (QED) is 0.535. The number of alkyl halides is 1. The lowest BCUT2D eigenvalue weighted by Crippen LogP contribution is -1.88. The fourth-order valence-corrected chi connectivity index (χ4v) is 1.44. The molecule has 0 bridgehead atoms. The fraction of sp³-hybridized carbons (Fsp3) is 0.667. The molecule has 0 saturated heterocycles. The van der Waals surface area contributed by atoms with Crippen molar-refractivity contribution in [2.24, 2.45) is 0 Å². The van der Waals surface area contributed by atoms with Crippen LogP contribution in [0.25, 0.3) is 0 Å². The summed E-state index contributed by atoms with van der Waals surface area (Å²) in [5.41, 5.74) is 1.48. The molecule has 0 aliphatic heterocycles. The Hall–Kier alpha value is 1.20. The molecule has 0 heterocycles. The molecule has 2 heteroatoms. The summed E-state index contributed by atoms with van der Waals surface area (Å²) in [6.45, 7) is 4.39. The van der Waals surface area contributed by atoms with E-state index in [1.54, 1.807) is 0 Å². The highest BCUT2D eigenvalue weighted by molar-refractivity contribution is 14.1. The Bertz CT molecular complexity index is 84.5. The second-order valence-electron chi connectivity index (χ2n) is 1.94. The molecule has 0 radical (unpaired) electrons. The smallest absolute Gasteiger partial charge is 0.0119 e. The number of allylic oxidation sites excluding steroid dienone is 1. The van der Waals surface area contributed by atoms with Gasteiger partial charge in [-0.1, -0.05) is 57.7 Å². The molecule has 0 N–H and O–H groups in total. The van der Waals surface area contributed by atoms with Gasteiger partial charge in [-0.15, -0.1) is 0 Å². The molecule has 8 heavy (non-hydrogen) atoms. The molecule has 0 spiro atoms. The van der Waals surface area contributed by atoms with Crippen molar-refractivity contribution in [3.05, 3.63) is 9.66 Å². The molecule has 0 rings (SSSR count). The molecule has 0 aromatic rings. The topological polar surface area (TPSA) is 0 Å². The van der Waals surface area contributed by atoms with Crippen LogP contribution in [0.2, 0.25) is 0 Å². The number of hydrogen-bond acceptors (Lipinski definition) is 0. The third kappa shape index (κ3) is 5.34. The van der Waals surface area contributed by atoms with Crippen LogP contribution in [0.5, 0.6) is 0 Å². The van der Waals surface area contributed by atoms with Gasteiger partial charge in [-0.3, -0.25) is 0 Å². The van der Waals surface area contributed by atoms with E-state index in [9.17, 15) is 0 Å². The van der Waals surface area contributed by atoms with Crippen LogP contribution in [0, 0.1) is 0 Å². The molecule has 0 amide bonds. The van der Waals surface area contributed by atoms with Gasteiger partial charge in [0.2, 0.25) is 0 Å². The summed E-state index contributed by atoms with van der Waals surface area (Å²) < 4.78 is 2.92. The van der Waals surface area contributed by atoms with E-state index in [2.05, 4.69) is 63.1 Å². The number of hydrogen-bond donors (Lipinski definition) is 0. The van der Waals surface area contributed by atoms with Gasteiger partial charge in [-0.05, 0) is 17.4 Å². The maximum Gasteiger partial charge on any atom is 0.0119 e. The maximum absolute atomic E-state index is 2.44. The highest BCUT2D eigenvalue weighted by Crippen LogP contribution is 2.12. The molecule has 1 atom stereocenters. The van der Waals surface area contributed by atoms with Crippen LogP contribution in [-0.4, -0.2) is 3.92 Å². The number of rotatable bonds is 2. The van der Waals surface area contributed by atoms with Gasteiger partial charge in [-0.2, -0.15) is 0 Å². The van der Waals surface area contributed by atoms with Gasteiger partial charge in [0.1, 0.15) is 0 Å². The molecule has 0 aromatic heterocycles. The summed E-state index contributed by atoms with van der Waals surface area (Å²) in [6.07, 6.45) is 1.23. The first-order chi connectivity index (χ1) is 3.66. The molecular weight excluding hydrogens is 326 g/mol. The zero-order valence-electron chi connectivity index (χ0n) is 5.12. The lowest BCUT2D eigenvalue weighted by atomic mass is 10.2. The van der Waals surface area contributed by atoms with Crippen LogP contribution in [0.3, 0.4) is 0 Å². The molecular formula is C6H10I2. The molecule has 0 fully saturated rings. The van der Waals surface area contributed by atoms with Crippen LogP contribution in [-0.2, 0) is 0 Å². The zero-order valence-corrected chi connectivity index (χ0v) is 9.43. The SMILES string of the molecule is C/C(=C/I)CC(C)I. The normalized spacial score (nSPS) is 16.2. The average Bonchev–Trinajstić information content (AvgIpc) is 1.65. The molecule has 0 saturated carbocycles. The van der Waals surface area contributed by atoms with Gasteiger partial charge >= 0.3 is 0 Å². The summed E-state index contributed by atoms with van der Waals surface area (Å²) in [7, 11) is 0. The van der Waals surface area contributed by atoms with E-state index in [0.29, 0.717) is 0 Å². The highest BCUT2D eigenvalue weighted by Gasteiger charge is 1.94. The van der Waals surface area contributed by atoms with Gasteiger partial charge in [0.15, 0.2) is 0 Å². The summed E-state index contributed by atoms with van der Waals surface area (Å²) in [5, 5.41) is 0. The Morgan fingerprint density at radius 2 is 2.25 bits per heavy atom. The minimum atomic E-state index is 0.776. The lowest BCUT2D eigenvalue weighted by molar-refractivity contribution is 0.961. The molecule has 0 aliphatic carbocycles. The van der Waals surface area contributed by atoms with Crippen LogP contribution >= 0.6 is 45.2 Å². The largest absolute Gasteiger partial charge is 0.0826 e. The van der Waals surface area contributed by atoms with E-state index >= 15 is 0 Å². The summed E-state index contributed by atoms with van der Waals surface area (Å²) >= 11 is 4.72. The maximum atomic E-state index is 2.44.